The summed E-state index contributed by atoms with van der Waals surface area (Å²) in [6, 6.07) is 0. The van der Waals surface area contributed by atoms with Gasteiger partial charge in [-0.2, -0.15) is 0 Å². The highest BCUT2D eigenvalue weighted by molar-refractivity contribution is 6.03. The predicted molar refractivity (Wildman–Crippen MR) is 82.2 cm³/mol. The van der Waals surface area contributed by atoms with Crippen LogP contribution in [0.15, 0.2) is 0 Å². The second-order valence-corrected chi connectivity index (χ2v) is 5.39. The van der Waals surface area contributed by atoms with E-state index < -0.39 is 0 Å². The second kappa shape index (κ2) is 9.94. The highest BCUT2D eigenvalue weighted by Gasteiger charge is 2.35. The van der Waals surface area contributed by atoms with Gasteiger partial charge in [0, 0.05) is 51.4 Å². The van der Waals surface area contributed by atoms with E-state index in [2.05, 4.69) is 10.6 Å². The summed E-state index contributed by atoms with van der Waals surface area (Å²) in [4.78, 5) is 47.4. The van der Waals surface area contributed by atoms with Crippen LogP contribution in [0.1, 0.15) is 33.1 Å². The fourth-order valence-electron chi connectivity index (χ4n) is 2.19. The number of imide groups is 1. The molecule has 8 heteroatoms. The molecular formula is C15H25N3O5. The monoisotopic (exact) mass is 327 g/mol. The Hall–Kier alpha value is -1.96. The Morgan fingerprint density at radius 2 is 1.78 bits per heavy atom. The largest absolute Gasteiger partial charge is 0.381 e. The quantitative estimate of drug-likeness (QED) is 0.413. The molecule has 8 nitrogen and oxygen atoms in total. The minimum Gasteiger partial charge on any atom is -0.381 e. The third-order valence-electron chi connectivity index (χ3n) is 3.48. The van der Waals surface area contributed by atoms with E-state index in [0.29, 0.717) is 32.7 Å². The van der Waals surface area contributed by atoms with Crippen LogP contribution in [-0.2, 0) is 23.9 Å². The number of amides is 4. The van der Waals surface area contributed by atoms with Crippen LogP contribution in [0.3, 0.4) is 0 Å². The van der Waals surface area contributed by atoms with Gasteiger partial charge in [-0.15, -0.1) is 0 Å². The average molecular weight is 327 g/mol. The number of nitrogens with one attached hydrogen (secondary N) is 2. The molecule has 0 saturated carbocycles. The number of rotatable bonds is 10. The van der Waals surface area contributed by atoms with Crippen molar-refractivity contribution < 1.29 is 23.9 Å². The zero-order chi connectivity index (χ0) is 17.2. The lowest BCUT2D eigenvalue weighted by molar-refractivity contribution is -0.139. The second-order valence-electron chi connectivity index (χ2n) is 5.39. The Balaban J connectivity index is 2.10. The van der Waals surface area contributed by atoms with Crippen molar-refractivity contribution in [2.24, 2.45) is 5.92 Å². The summed E-state index contributed by atoms with van der Waals surface area (Å²) in [6.45, 7) is 5.25. The molecular weight excluding hydrogens is 302 g/mol. The van der Waals surface area contributed by atoms with Crippen molar-refractivity contribution in [1.29, 1.82) is 0 Å². The first-order valence-corrected chi connectivity index (χ1v) is 7.91. The Bertz CT molecular complexity index is 452. The maximum Gasteiger partial charge on any atom is 0.232 e. The van der Waals surface area contributed by atoms with Crippen LogP contribution < -0.4 is 10.6 Å². The molecule has 4 amide bonds. The van der Waals surface area contributed by atoms with E-state index in [1.807, 2.05) is 6.92 Å². The van der Waals surface area contributed by atoms with Gasteiger partial charge in [-0.05, 0) is 6.92 Å². The number of ether oxygens (including phenoxy) is 1. The molecule has 1 fully saturated rings. The molecule has 1 atom stereocenters. The Morgan fingerprint density at radius 1 is 1.17 bits per heavy atom. The van der Waals surface area contributed by atoms with Crippen LogP contribution in [0.4, 0.5) is 0 Å². The first-order valence-electron chi connectivity index (χ1n) is 7.91. The molecule has 0 aromatic carbocycles. The smallest absolute Gasteiger partial charge is 0.232 e. The van der Waals surface area contributed by atoms with Crippen LogP contribution >= 0.6 is 0 Å². The van der Waals surface area contributed by atoms with Crippen molar-refractivity contribution in [3.8, 4) is 0 Å². The molecule has 0 radical (unpaired) electrons. The Labute approximate surface area is 135 Å². The summed E-state index contributed by atoms with van der Waals surface area (Å²) >= 11 is 0. The van der Waals surface area contributed by atoms with Gasteiger partial charge in [-0.3, -0.25) is 24.1 Å². The molecule has 2 N–H and O–H groups in total. The van der Waals surface area contributed by atoms with E-state index in [1.165, 1.54) is 0 Å². The molecule has 1 unspecified atom stereocenters. The third kappa shape index (κ3) is 6.77. The molecule has 23 heavy (non-hydrogen) atoms. The van der Waals surface area contributed by atoms with Gasteiger partial charge in [0.15, 0.2) is 0 Å². The molecule has 1 saturated heterocycles. The molecule has 1 heterocycles. The van der Waals surface area contributed by atoms with Crippen LogP contribution in [0, 0.1) is 5.92 Å². The SMILES string of the molecule is CCOCCC(=O)NCCNC(=O)CCN1C(=O)CC(C)C1=O. The first kappa shape index (κ1) is 19.1. The maximum atomic E-state index is 11.7. The van der Waals surface area contributed by atoms with Gasteiger partial charge in [0.1, 0.15) is 0 Å². The van der Waals surface area contributed by atoms with Gasteiger partial charge < -0.3 is 15.4 Å². The fourth-order valence-corrected chi connectivity index (χ4v) is 2.19. The molecule has 1 aliphatic heterocycles. The van der Waals surface area contributed by atoms with E-state index in [4.69, 9.17) is 4.74 Å². The van der Waals surface area contributed by atoms with E-state index in [-0.39, 0.29) is 48.9 Å². The van der Waals surface area contributed by atoms with Crippen molar-refractivity contribution >= 4 is 23.6 Å². The molecule has 0 aromatic heterocycles. The minimum absolute atomic E-state index is 0.0719. The van der Waals surface area contributed by atoms with E-state index in [9.17, 15) is 19.2 Å². The van der Waals surface area contributed by atoms with Gasteiger partial charge in [-0.25, -0.2) is 0 Å². The Kier molecular flexibility index (Phi) is 8.25. The number of likely N-dealkylation sites (tertiary alicyclic amines) is 1. The lowest BCUT2D eigenvalue weighted by atomic mass is 10.1. The molecule has 0 aromatic rings. The zero-order valence-electron chi connectivity index (χ0n) is 13.7. The highest BCUT2D eigenvalue weighted by atomic mass is 16.5. The van der Waals surface area contributed by atoms with Crippen LogP contribution in [0.25, 0.3) is 0 Å². The van der Waals surface area contributed by atoms with Gasteiger partial charge in [-0.1, -0.05) is 6.92 Å². The lowest BCUT2D eigenvalue weighted by Crippen LogP contribution is -2.38. The van der Waals surface area contributed by atoms with Gasteiger partial charge in [0.2, 0.25) is 23.6 Å². The summed E-state index contributed by atoms with van der Waals surface area (Å²) in [5.74, 6) is -1.12. The number of carbonyl (C=O) groups excluding carboxylic acids is 4. The summed E-state index contributed by atoms with van der Waals surface area (Å²) in [5, 5.41) is 5.30. The van der Waals surface area contributed by atoms with E-state index in [1.54, 1.807) is 6.92 Å². The number of hydrogen-bond donors (Lipinski definition) is 2. The predicted octanol–water partition coefficient (Wildman–Crippen LogP) is -0.569. The summed E-state index contributed by atoms with van der Waals surface area (Å²) < 4.78 is 5.06. The Morgan fingerprint density at radius 3 is 2.30 bits per heavy atom. The maximum absolute atomic E-state index is 11.7. The van der Waals surface area contributed by atoms with Crippen LogP contribution in [0.2, 0.25) is 0 Å². The first-order chi connectivity index (χ1) is 11.0. The van der Waals surface area contributed by atoms with E-state index in [0.717, 1.165) is 4.90 Å². The van der Waals surface area contributed by atoms with Gasteiger partial charge in [0.05, 0.1) is 6.61 Å². The van der Waals surface area contributed by atoms with Crippen molar-refractivity contribution in [2.75, 3.05) is 32.8 Å². The molecule has 1 rings (SSSR count). The van der Waals surface area contributed by atoms with Crippen molar-refractivity contribution in [2.45, 2.75) is 33.1 Å². The summed E-state index contributed by atoms with van der Waals surface area (Å²) in [7, 11) is 0. The topological polar surface area (TPSA) is 105 Å². The summed E-state index contributed by atoms with van der Waals surface area (Å²) in [6.07, 6.45) is 0.579. The third-order valence-corrected chi connectivity index (χ3v) is 3.48. The number of carbonyl (C=O) groups is 4. The normalized spacial score (nSPS) is 17.5. The molecule has 0 aliphatic carbocycles. The number of nitrogens with zero attached hydrogens (tertiary/aromatic N) is 1. The molecule has 0 bridgehead atoms. The van der Waals surface area contributed by atoms with Crippen LogP contribution in [0.5, 0.6) is 0 Å². The van der Waals surface area contributed by atoms with E-state index >= 15 is 0 Å². The minimum atomic E-state index is -0.294. The lowest BCUT2D eigenvalue weighted by Gasteiger charge is -2.14. The van der Waals surface area contributed by atoms with Gasteiger partial charge >= 0.3 is 0 Å². The number of hydrogen-bond acceptors (Lipinski definition) is 5. The highest BCUT2D eigenvalue weighted by Crippen LogP contribution is 2.18. The standard InChI is InChI=1S/C15H25N3O5/c1-3-23-9-5-13(20)17-7-6-16-12(19)4-8-18-14(21)10-11(2)15(18)22/h11H,3-10H2,1-2H3,(H,16,19)(H,17,20). The van der Waals surface area contributed by atoms with Crippen LogP contribution in [-0.4, -0.2) is 61.4 Å². The fraction of sp³-hybridized carbons (Fsp3) is 0.733. The summed E-state index contributed by atoms with van der Waals surface area (Å²) in [5.41, 5.74) is 0. The van der Waals surface area contributed by atoms with Crippen molar-refractivity contribution in [3.05, 3.63) is 0 Å². The zero-order valence-corrected chi connectivity index (χ0v) is 13.7. The molecule has 1 aliphatic rings. The van der Waals surface area contributed by atoms with Gasteiger partial charge in [0.25, 0.3) is 0 Å². The van der Waals surface area contributed by atoms with Crippen molar-refractivity contribution in [3.63, 3.8) is 0 Å². The van der Waals surface area contributed by atoms with Crippen molar-refractivity contribution in [1.82, 2.24) is 15.5 Å². The molecule has 0 spiro atoms. The average Bonchev–Trinajstić information content (AvgIpc) is 2.75. The molecule has 130 valence electrons.